The van der Waals surface area contributed by atoms with Gasteiger partial charge in [0, 0.05) is 12.4 Å². The van der Waals surface area contributed by atoms with E-state index in [4.69, 9.17) is 6.42 Å². The summed E-state index contributed by atoms with van der Waals surface area (Å²) in [7, 11) is 0. The van der Waals surface area contributed by atoms with Crippen molar-refractivity contribution in [1.82, 2.24) is 10.3 Å². The molecule has 1 aromatic rings. The quantitative estimate of drug-likeness (QED) is 0.676. The van der Waals surface area contributed by atoms with E-state index in [1.165, 1.54) is 0 Å². The fourth-order valence-corrected chi connectivity index (χ4v) is 0.954. The van der Waals surface area contributed by atoms with E-state index in [0.717, 1.165) is 5.56 Å². The molecule has 0 aliphatic heterocycles. The zero-order chi connectivity index (χ0) is 9.68. The van der Waals surface area contributed by atoms with E-state index in [-0.39, 0.29) is 6.04 Å². The van der Waals surface area contributed by atoms with Gasteiger partial charge in [-0.05, 0) is 24.5 Å². The molecule has 0 spiro atoms. The first-order chi connectivity index (χ1) is 6.24. The van der Waals surface area contributed by atoms with Gasteiger partial charge in [0.05, 0.1) is 6.04 Å². The van der Waals surface area contributed by atoms with Crippen LogP contribution < -0.4 is 5.32 Å². The molecule has 13 heavy (non-hydrogen) atoms. The molecule has 3 heteroatoms. The lowest BCUT2D eigenvalue weighted by atomic mass is 10.1. The highest BCUT2D eigenvalue weighted by Crippen LogP contribution is 2.08. The molecule has 0 aromatic carbocycles. The van der Waals surface area contributed by atoms with Gasteiger partial charge in [0.15, 0.2) is 0 Å². The van der Waals surface area contributed by atoms with Crippen LogP contribution in [0.4, 0.5) is 0 Å². The predicted octanol–water partition coefficient (Wildman–Crippen LogP) is 0.892. The maximum atomic E-state index is 10.8. The molecule has 1 rings (SSSR count). The number of rotatable bonds is 2. The predicted molar refractivity (Wildman–Crippen MR) is 49.6 cm³/mol. The molecule has 1 amide bonds. The Morgan fingerprint density at radius 2 is 2.54 bits per heavy atom. The van der Waals surface area contributed by atoms with Gasteiger partial charge in [0.2, 0.25) is 0 Å². The van der Waals surface area contributed by atoms with Crippen molar-refractivity contribution in [2.45, 2.75) is 13.0 Å². The van der Waals surface area contributed by atoms with E-state index in [1.54, 1.807) is 12.4 Å². The van der Waals surface area contributed by atoms with E-state index in [1.807, 2.05) is 25.0 Å². The number of aromatic nitrogens is 1. The Hall–Kier alpha value is -1.82. The van der Waals surface area contributed by atoms with Crippen LogP contribution in [-0.4, -0.2) is 10.9 Å². The minimum Gasteiger partial charge on any atom is -0.339 e. The molecule has 1 unspecified atom stereocenters. The van der Waals surface area contributed by atoms with Crippen LogP contribution in [0.15, 0.2) is 24.5 Å². The molecule has 1 N–H and O–H groups in total. The molecule has 1 heterocycles. The zero-order valence-electron chi connectivity index (χ0n) is 7.32. The molecule has 66 valence electrons. The van der Waals surface area contributed by atoms with E-state index >= 15 is 0 Å². The summed E-state index contributed by atoms with van der Waals surface area (Å²) >= 11 is 0. The molecule has 0 bridgehead atoms. The number of hydrogen-bond acceptors (Lipinski definition) is 2. The van der Waals surface area contributed by atoms with E-state index in [0.29, 0.717) is 0 Å². The summed E-state index contributed by atoms with van der Waals surface area (Å²) in [6, 6.07) is 3.60. The molecule has 0 aliphatic rings. The van der Waals surface area contributed by atoms with Crippen LogP contribution in [-0.2, 0) is 4.79 Å². The molecular weight excluding hydrogens is 164 g/mol. The molecule has 1 atom stereocenters. The van der Waals surface area contributed by atoms with Crippen LogP contribution >= 0.6 is 0 Å². The van der Waals surface area contributed by atoms with Gasteiger partial charge < -0.3 is 5.32 Å². The molecule has 1 aromatic heterocycles. The van der Waals surface area contributed by atoms with Crippen molar-refractivity contribution >= 4 is 5.91 Å². The van der Waals surface area contributed by atoms with Gasteiger partial charge in [-0.2, -0.15) is 0 Å². The van der Waals surface area contributed by atoms with Crippen molar-refractivity contribution in [3.63, 3.8) is 0 Å². The second-order valence-corrected chi connectivity index (χ2v) is 2.63. The largest absolute Gasteiger partial charge is 0.339 e. The first kappa shape index (κ1) is 9.27. The number of nitrogens with one attached hydrogen (secondary N) is 1. The molecule has 0 aliphatic carbocycles. The summed E-state index contributed by atoms with van der Waals surface area (Å²) in [6.45, 7) is 1.85. The molecule has 0 fully saturated rings. The Balaban J connectivity index is 2.65. The molecule has 0 saturated heterocycles. The summed E-state index contributed by atoms with van der Waals surface area (Å²) in [5, 5.41) is 2.63. The van der Waals surface area contributed by atoms with Crippen LogP contribution in [0.1, 0.15) is 18.5 Å². The monoisotopic (exact) mass is 174 g/mol. The molecule has 0 saturated carbocycles. The second kappa shape index (κ2) is 4.27. The molecule has 0 radical (unpaired) electrons. The Labute approximate surface area is 77.2 Å². The van der Waals surface area contributed by atoms with Crippen LogP contribution in [0.3, 0.4) is 0 Å². The standard InChI is InChI=1S/C10H10N2O/c1-3-10(13)12-8(2)9-5-4-6-11-7-9/h1,4-8H,2H3,(H,12,13). The average Bonchev–Trinajstić information content (AvgIpc) is 2.19. The van der Waals surface area contributed by atoms with Crippen LogP contribution in [0.2, 0.25) is 0 Å². The Morgan fingerprint density at radius 3 is 3.08 bits per heavy atom. The first-order valence-electron chi connectivity index (χ1n) is 3.91. The lowest BCUT2D eigenvalue weighted by Gasteiger charge is -2.10. The Bertz CT molecular complexity index is 327. The van der Waals surface area contributed by atoms with Crippen molar-refractivity contribution in [2.75, 3.05) is 0 Å². The highest BCUT2D eigenvalue weighted by Gasteiger charge is 2.06. The number of carbonyl (C=O) groups excluding carboxylic acids is 1. The third-order valence-corrected chi connectivity index (χ3v) is 1.66. The second-order valence-electron chi connectivity index (χ2n) is 2.63. The zero-order valence-corrected chi connectivity index (χ0v) is 7.32. The number of hydrogen-bond donors (Lipinski definition) is 1. The Kier molecular flexibility index (Phi) is 3.04. The van der Waals surface area contributed by atoms with Gasteiger partial charge in [0.25, 0.3) is 5.91 Å². The van der Waals surface area contributed by atoms with Gasteiger partial charge in [-0.15, -0.1) is 6.42 Å². The van der Waals surface area contributed by atoms with Crippen molar-refractivity contribution in [1.29, 1.82) is 0 Å². The summed E-state index contributed by atoms with van der Waals surface area (Å²) in [6.07, 6.45) is 8.30. The first-order valence-corrected chi connectivity index (χ1v) is 3.91. The maximum Gasteiger partial charge on any atom is 0.296 e. The molecular formula is C10H10N2O. The smallest absolute Gasteiger partial charge is 0.296 e. The highest BCUT2D eigenvalue weighted by molar-refractivity contribution is 5.93. The maximum absolute atomic E-state index is 10.8. The minimum atomic E-state index is -0.406. The van der Waals surface area contributed by atoms with E-state index in [2.05, 4.69) is 10.3 Å². The topological polar surface area (TPSA) is 42.0 Å². The van der Waals surface area contributed by atoms with Gasteiger partial charge in [-0.1, -0.05) is 6.07 Å². The average molecular weight is 174 g/mol. The van der Waals surface area contributed by atoms with E-state index in [9.17, 15) is 4.79 Å². The lowest BCUT2D eigenvalue weighted by molar-refractivity contribution is -0.116. The fraction of sp³-hybridized carbons (Fsp3) is 0.200. The number of pyridine rings is 1. The van der Waals surface area contributed by atoms with Crippen LogP contribution in [0.5, 0.6) is 0 Å². The third kappa shape index (κ3) is 2.60. The SMILES string of the molecule is C#CC(=O)NC(C)c1cccnc1. The van der Waals surface area contributed by atoms with E-state index < -0.39 is 5.91 Å². The summed E-state index contributed by atoms with van der Waals surface area (Å²) in [5.74, 6) is 1.59. The summed E-state index contributed by atoms with van der Waals surface area (Å²) in [4.78, 5) is 14.8. The van der Waals surface area contributed by atoms with Gasteiger partial charge in [-0.3, -0.25) is 9.78 Å². The van der Waals surface area contributed by atoms with Crippen molar-refractivity contribution in [3.8, 4) is 12.3 Å². The van der Waals surface area contributed by atoms with Crippen molar-refractivity contribution in [2.24, 2.45) is 0 Å². The minimum absolute atomic E-state index is 0.0998. The number of carbonyl (C=O) groups is 1. The lowest BCUT2D eigenvalue weighted by Crippen LogP contribution is -2.24. The van der Waals surface area contributed by atoms with Crippen LogP contribution in [0, 0.1) is 12.3 Å². The van der Waals surface area contributed by atoms with Crippen molar-refractivity contribution in [3.05, 3.63) is 30.1 Å². The number of terminal acetylenes is 1. The van der Waals surface area contributed by atoms with Gasteiger partial charge in [-0.25, -0.2) is 0 Å². The number of nitrogens with zero attached hydrogens (tertiary/aromatic N) is 1. The Morgan fingerprint density at radius 1 is 1.77 bits per heavy atom. The summed E-state index contributed by atoms with van der Waals surface area (Å²) in [5.41, 5.74) is 0.936. The van der Waals surface area contributed by atoms with Crippen LogP contribution in [0.25, 0.3) is 0 Å². The fourth-order valence-electron chi connectivity index (χ4n) is 0.954. The highest BCUT2D eigenvalue weighted by atomic mass is 16.1. The summed E-state index contributed by atoms with van der Waals surface area (Å²) < 4.78 is 0. The van der Waals surface area contributed by atoms with Gasteiger partial charge >= 0.3 is 0 Å². The third-order valence-electron chi connectivity index (χ3n) is 1.66. The number of amides is 1. The molecule has 3 nitrogen and oxygen atoms in total. The van der Waals surface area contributed by atoms with Gasteiger partial charge in [0.1, 0.15) is 0 Å². The normalized spacial score (nSPS) is 11.4. The van der Waals surface area contributed by atoms with Crippen molar-refractivity contribution < 1.29 is 4.79 Å².